The molecular formula is C10H9F3O. The van der Waals surface area contributed by atoms with Crippen molar-refractivity contribution >= 4 is 6.29 Å². The number of carbonyl (C=O) groups excluding carboxylic acids is 1. The molecule has 0 aromatic heterocycles. The summed E-state index contributed by atoms with van der Waals surface area (Å²) in [4.78, 5) is 9.97. The van der Waals surface area contributed by atoms with Gasteiger partial charge in [0.2, 0.25) is 0 Å². The van der Waals surface area contributed by atoms with Crippen LogP contribution in [-0.2, 0) is 11.2 Å². The van der Waals surface area contributed by atoms with E-state index in [1.54, 1.807) is 0 Å². The van der Waals surface area contributed by atoms with Crippen molar-refractivity contribution in [2.24, 2.45) is 0 Å². The minimum absolute atomic E-state index is 0.103. The highest BCUT2D eigenvalue weighted by Crippen LogP contribution is 2.16. The molecule has 0 heterocycles. The normalized spacial score (nSPS) is 10.2. The van der Waals surface area contributed by atoms with Crippen molar-refractivity contribution in [1.82, 2.24) is 0 Å². The van der Waals surface area contributed by atoms with E-state index in [2.05, 4.69) is 0 Å². The fourth-order valence-corrected chi connectivity index (χ4v) is 1.13. The van der Waals surface area contributed by atoms with Gasteiger partial charge >= 0.3 is 0 Å². The zero-order valence-corrected chi connectivity index (χ0v) is 7.40. The molecule has 0 fully saturated rings. The van der Waals surface area contributed by atoms with E-state index < -0.39 is 17.5 Å². The Morgan fingerprint density at radius 1 is 1.14 bits per heavy atom. The average molecular weight is 202 g/mol. The maximum Gasteiger partial charge on any atom is 0.194 e. The van der Waals surface area contributed by atoms with Crippen molar-refractivity contribution in [3.8, 4) is 0 Å². The molecule has 0 unspecified atom stereocenters. The van der Waals surface area contributed by atoms with E-state index in [-0.39, 0.29) is 12.0 Å². The summed E-state index contributed by atoms with van der Waals surface area (Å²) < 4.78 is 38.1. The summed E-state index contributed by atoms with van der Waals surface area (Å²) >= 11 is 0. The largest absolute Gasteiger partial charge is 0.303 e. The third kappa shape index (κ3) is 2.34. The van der Waals surface area contributed by atoms with Crippen LogP contribution in [-0.4, -0.2) is 6.29 Å². The molecule has 0 bridgehead atoms. The molecule has 1 aromatic carbocycles. The van der Waals surface area contributed by atoms with Gasteiger partial charge < -0.3 is 4.79 Å². The van der Waals surface area contributed by atoms with Crippen LogP contribution in [0.15, 0.2) is 12.1 Å². The predicted molar refractivity (Wildman–Crippen MR) is 45.3 cm³/mol. The fourth-order valence-electron chi connectivity index (χ4n) is 1.13. The first-order valence-corrected chi connectivity index (χ1v) is 4.23. The van der Waals surface area contributed by atoms with Crippen molar-refractivity contribution in [3.63, 3.8) is 0 Å². The summed E-state index contributed by atoms with van der Waals surface area (Å²) in [6.45, 7) is 0. The van der Waals surface area contributed by atoms with E-state index in [0.717, 1.165) is 6.07 Å². The van der Waals surface area contributed by atoms with Gasteiger partial charge in [0.05, 0.1) is 0 Å². The second-order valence-electron chi connectivity index (χ2n) is 2.89. The Bertz CT molecular complexity index is 336. The first-order chi connectivity index (χ1) is 6.66. The lowest BCUT2D eigenvalue weighted by molar-refractivity contribution is -0.107. The predicted octanol–water partition coefficient (Wildman–Crippen LogP) is 2.63. The maximum atomic E-state index is 13.0. The molecule has 0 N–H and O–H groups in total. The van der Waals surface area contributed by atoms with Gasteiger partial charge in [0.25, 0.3) is 0 Å². The lowest BCUT2D eigenvalue weighted by atomic mass is 10.1. The standard InChI is InChI=1S/C10H9F3O/c11-8-5-4-7(3-1-2-6-14)9(12)10(8)13/h4-6H,1-3H2. The van der Waals surface area contributed by atoms with Crippen LogP contribution in [0, 0.1) is 17.5 Å². The van der Waals surface area contributed by atoms with Gasteiger partial charge in [0.1, 0.15) is 6.29 Å². The molecule has 0 aliphatic heterocycles. The van der Waals surface area contributed by atoms with Crippen LogP contribution in [0.5, 0.6) is 0 Å². The third-order valence-corrected chi connectivity index (χ3v) is 1.88. The lowest BCUT2D eigenvalue weighted by Gasteiger charge is -2.02. The van der Waals surface area contributed by atoms with E-state index in [0.29, 0.717) is 19.1 Å². The first-order valence-electron chi connectivity index (χ1n) is 4.23. The van der Waals surface area contributed by atoms with Crippen LogP contribution in [0.1, 0.15) is 18.4 Å². The van der Waals surface area contributed by atoms with Crippen LogP contribution in [0.2, 0.25) is 0 Å². The lowest BCUT2D eigenvalue weighted by Crippen LogP contribution is -1.97. The number of rotatable bonds is 4. The number of hydrogen-bond donors (Lipinski definition) is 0. The van der Waals surface area contributed by atoms with E-state index in [1.807, 2.05) is 0 Å². The monoisotopic (exact) mass is 202 g/mol. The highest BCUT2D eigenvalue weighted by atomic mass is 19.2. The van der Waals surface area contributed by atoms with Gasteiger partial charge in [-0.15, -0.1) is 0 Å². The number of aldehydes is 1. The second kappa shape index (κ2) is 4.79. The number of halogens is 3. The van der Waals surface area contributed by atoms with E-state index in [9.17, 15) is 18.0 Å². The summed E-state index contributed by atoms with van der Waals surface area (Å²) in [5, 5.41) is 0. The van der Waals surface area contributed by atoms with E-state index >= 15 is 0 Å². The van der Waals surface area contributed by atoms with Crippen LogP contribution in [0.4, 0.5) is 13.2 Å². The molecule has 0 saturated heterocycles. The second-order valence-corrected chi connectivity index (χ2v) is 2.89. The van der Waals surface area contributed by atoms with Gasteiger partial charge in [0.15, 0.2) is 17.5 Å². The minimum atomic E-state index is -1.45. The first kappa shape index (κ1) is 10.8. The van der Waals surface area contributed by atoms with Crippen molar-refractivity contribution in [2.45, 2.75) is 19.3 Å². The van der Waals surface area contributed by atoms with Crippen molar-refractivity contribution < 1.29 is 18.0 Å². The van der Waals surface area contributed by atoms with Gasteiger partial charge in [-0.2, -0.15) is 0 Å². The summed E-state index contributed by atoms with van der Waals surface area (Å²) in [6, 6.07) is 2.08. The molecule has 14 heavy (non-hydrogen) atoms. The quantitative estimate of drug-likeness (QED) is 0.416. The molecule has 0 aliphatic rings. The van der Waals surface area contributed by atoms with Gasteiger partial charge in [-0.25, -0.2) is 13.2 Å². The molecule has 76 valence electrons. The Hall–Kier alpha value is -1.32. The zero-order valence-electron chi connectivity index (χ0n) is 7.40. The van der Waals surface area contributed by atoms with Crippen molar-refractivity contribution in [1.29, 1.82) is 0 Å². The van der Waals surface area contributed by atoms with Crippen molar-refractivity contribution in [3.05, 3.63) is 35.1 Å². The van der Waals surface area contributed by atoms with Crippen LogP contribution in [0.25, 0.3) is 0 Å². The molecule has 4 heteroatoms. The SMILES string of the molecule is O=CCCCc1ccc(F)c(F)c1F. The van der Waals surface area contributed by atoms with Gasteiger partial charge in [-0.05, 0) is 24.5 Å². The Morgan fingerprint density at radius 3 is 2.50 bits per heavy atom. The smallest absolute Gasteiger partial charge is 0.194 e. The van der Waals surface area contributed by atoms with Gasteiger partial charge in [-0.1, -0.05) is 6.07 Å². The highest BCUT2D eigenvalue weighted by molar-refractivity contribution is 5.49. The highest BCUT2D eigenvalue weighted by Gasteiger charge is 2.12. The molecule has 0 saturated carbocycles. The Labute approximate surface area is 79.5 Å². The molecule has 0 spiro atoms. The Kier molecular flexibility index (Phi) is 3.68. The zero-order chi connectivity index (χ0) is 10.6. The topological polar surface area (TPSA) is 17.1 Å². The molecule has 1 nitrogen and oxygen atoms in total. The van der Waals surface area contributed by atoms with Crippen molar-refractivity contribution in [2.75, 3.05) is 0 Å². The Balaban J connectivity index is 2.78. The molecule has 0 aliphatic carbocycles. The number of benzene rings is 1. The number of unbranched alkanes of at least 4 members (excludes halogenated alkanes) is 1. The van der Waals surface area contributed by atoms with Crippen LogP contribution >= 0.6 is 0 Å². The number of carbonyl (C=O) groups is 1. The maximum absolute atomic E-state index is 13.0. The molecule has 0 radical (unpaired) electrons. The molecular weight excluding hydrogens is 193 g/mol. The summed E-state index contributed by atoms with van der Waals surface area (Å²) in [5.41, 5.74) is 0.103. The van der Waals surface area contributed by atoms with E-state index in [1.165, 1.54) is 6.07 Å². The van der Waals surface area contributed by atoms with Gasteiger partial charge in [-0.3, -0.25) is 0 Å². The number of hydrogen-bond acceptors (Lipinski definition) is 1. The molecule has 1 aromatic rings. The molecule has 0 atom stereocenters. The number of aryl methyl sites for hydroxylation is 1. The molecule has 0 amide bonds. The summed E-state index contributed by atoms with van der Waals surface area (Å²) in [6.07, 6.45) is 1.67. The minimum Gasteiger partial charge on any atom is -0.303 e. The fraction of sp³-hybridized carbons (Fsp3) is 0.300. The van der Waals surface area contributed by atoms with Crippen LogP contribution < -0.4 is 0 Å². The van der Waals surface area contributed by atoms with E-state index in [4.69, 9.17) is 0 Å². The summed E-state index contributed by atoms with van der Waals surface area (Å²) in [5.74, 6) is -3.80. The Morgan fingerprint density at radius 2 is 1.86 bits per heavy atom. The van der Waals surface area contributed by atoms with Crippen LogP contribution in [0.3, 0.4) is 0 Å². The molecule has 1 rings (SSSR count). The third-order valence-electron chi connectivity index (χ3n) is 1.88. The van der Waals surface area contributed by atoms with Gasteiger partial charge in [0, 0.05) is 6.42 Å². The summed E-state index contributed by atoms with van der Waals surface area (Å²) in [7, 11) is 0. The average Bonchev–Trinajstić information content (AvgIpc) is 2.18.